The van der Waals surface area contributed by atoms with Crippen LogP contribution >= 0.6 is 0 Å². The van der Waals surface area contributed by atoms with Crippen LogP contribution in [0.15, 0.2) is 24.3 Å². The van der Waals surface area contributed by atoms with Crippen molar-refractivity contribution < 1.29 is 4.79 Å². The molecule has 120 valence electrons. The van der Waals surface area contributed by atoms with Crippen molar-refractivity contribution in [1.29, 1.82) is 0 Å². The van der Waals surface area contributed by atoms with Gasteiger partial charge in [0.15, 0.2) is 0 Å². The van der Waals surface area contributed by atoms with Gasteiger partial charge in [-0.05, 0) is 49.9 Å². The van der Waals surface area contributed by atoms with Gasteiger partial charge < -0.3 is 10.2 Å². The predicted octanol–water partition coefficient (Wildman–Crippen LogP) is 1.82. The number of piperazine rings is 1. The summed E-state index contributed by atoms with van der Waals surface area (Å²) in [6.45, 7) is 6.94. The molecule has 22 heavy (non-hydrogen) atoms. The van der Waals surface area contributed by atoms with Crippen molar-refractivity contribution in [2.45, 2.75) is 38.3 Å². The molecule has 0 spiro atoms. The number of nitrogens with one attached hydrogen (secondary N) is 1. The maximum atomic E-state index is 12.1. The number of rotatable bonds is 3. The number of piperidine rings is 1. The van der Waals surface area contributed by atoms with Gasteiger partial charge in [-0.15, -0.1) is 0 Å². The monoisotopic (exact) mass is 301 g/mol. The van der Waals surface area contributed by atoms with Crippen LogP contribution in [0.5, 0.6) is 0 Å². The number of likely N-dealkylation sites (N-methyl/N-ethyl adjacent to an activating group) is 1. The van der Waals surface area contributed by atoms with E-state index >= 15 is 0 Å². The fourth-order valence-corrected chi connectivity index (χ4v) is 3.56. The molecule has 1 atom stereocenters. The van der Waals surface area contributed by atoms with Crippen LogP contribution in [0.1, 0.15) is 36.8 Å². The maximum absolute atomic E-state index is 12.1. The topological polar surface area (TPSA) is 35.6 Å². The molecule has 4 heteroatoms. The second-order valence-electron chi connectivity index (χ2n) is 6.67. The first-order valence-corrected chi connectivity index (χ1v) is 8.44. The molecular formula is C18H27N3O. The Labute approximate surface area is 133 Å². The molecule has 1 unspecified atom stereocenters. The number of amides is 1. The summed E-state index contributed by atoms with van der Waals surface area (Å²) >= 11 is 0. The van der Waals surface area contributed by atoms with Crippen LogP contribution in [0.25, 0.3) is 0 Å². The second-order valence-corrected chi connectivity index (χ2v) is 6.67. The van der Waals surface area contributed by atoms with Crippen LogP contribution in [0, 0.1) is 0 Å². The van der Waals surface area contributed by atoms with Gasteiger partial charge in [0.25, 0.3) is 0 Å². The lowest BCUT2D eigenvalue weighted by atomic mass is 9.90. The van der Waals surface area contributed by atoms with Gasteiger partial charge in [0.2, 0.25) is 5.91 Å². The molecule has 2 aliphatic heterocycles. The molecule has 0 aromatic heterocycles. The predicted molar refractivity (Wildman–Crippen MR) is 88.8 cm³/mol. The minimum atomic E-state index is -0.0113. The molecule has 2 fully saturated rings. The third-order valence-corrected chi connectivity index (χ3v) is 5.18. The highest BCUT2D eigenvalue weighted by Gasteiger charge is 2.29. The van der Waals surface area contributed by atoms with Gasteiger partial charge in [-0.2, -0.15) is 0 Å². The van der Waals surface area contributed by atoms with E-state index in [9.17, 15) is 4.79 Å². The molecule has 3 rings (SSSR count). The molecule has 4 nitrogen and oxygen atoms in total. The van der Waals surface area contributed by atoms with E-state index in [1.807, 2.05) is 18.9 Å². The summed E-state index contributed by atoms with van der Waals surface area (Å²) in [6, 6.07) is 9.05. The van der Waals surface area contributed by atoms with Crippen molar-refractivity contribution in [2.75, 3.05) is 33.2 Å². The van der Waals surface area contributed by atoms with E-state index in [-0.39, 0.29) is 11.9 Å². The average Bonchev–Trinajstić information content (AvgIpc) is 2.57. The molecule has 0 aliphatic carbocycles. The Morgan fingerprint density at radius 2 is 1.82 bits per heavy atom. The molecule has 0 radical (unpaired) electrons. The van der Waals surface area contributed by atoms with Crippen molar-refractivity contribution in [3.8, 4) is 0 Å². The Morgan fingerprint density at radius 1 is 1.14 bits per heavy atom. The van der Waals surface area contributed by atoms with Gasteiger partial charge in [0, 0.05) is 26.7 Å². The summed E-state index contributed by atoms with van der Waals surface area (Å²) in [6.07, 6.45) is 2.48. The van der Waals surface area contributed by atoms with E-state index in [4.69, 9.17) is 0 Å². The van der Waals surface area contributed by atoms with Gasteiger partial charge in [-0.1, -0.05) is 24.3 Å². The Bertz CT molecular complexity index is 508. The standard InChI is InChI=1S/C18H27N3O/c1-14-18(22)20(2)11-12-21(14)13-15-3-5-16(6-4-15)17-7-9-19-10-8-17/h3-6,14,17,19H,7-13H2,1-2H3. The summed E-state index contributed by atoms with van der Waals surface area (Å²) in [5.74, 6) is 0.942. The Morgan fingerprint density at radius 3 is 2.50 bits per heavy atom. The second kappa shape index (κ2) is 6.80. The number of hydrogen-bond acceptors (Lipinski definition) is 3. The first-order valence-electron chi connectivity index (χ1n) is 8.44. The van der Waals surface area contributed by atoms with Crippen LogP contribution < -0.4 is 5.32 Å². The van der Waals surface area contributed by atoms with Crippen molar-refractivity contribution in [3.05, 3.63) is 35.4 Å². The normalized spacial score (nSPS) is 24.7. The van der Waals surface area contributed by atoms with Crippen molar-refractivity contribution in [2.24, 2.45) is 0 Å². The minimum absolute atomic E-state index is 0.0113. The summed E-state index contributed by atoms with van der Waals surface area (Å²) in [5, 5.41) is 3.42. The first kappa shape index (κ1) is 15.5. The van der Waals surface area contributed by atoms with Crippen LogP contribution in [0.4, 0.5) is 0 Å². The van der Waals surface area contributed by atoms with E-state index in [1.54, 1.807) is 0 Å². The smallest absolute Gasteiger partial charge is 0.239 e. The molecule has 1 N–H and O–H groups in total. The van der Waals surface area contributed by atoms with Gasteiger partial charge in [-0.3, -0.25) is 9.69 Å². The number of nitrogens with zero attached hydrogens (tertiary/aromatic N) is 2. The van der Waals surface area contributed by atoms with E-state index in [0.717, 1.165) is 32.7 Å². The third kappa shape index (κ3) is 3.33. The fourth-order valence-electron chi connectivity index (χ4n) is 3.56. The Kier molecular flexibility index (Phi) is 4.79. The highest BCUT2D eigenvalue weighted by Crippen LogP contribution is 2.25. The highest BCUT2D eigenvalue weighted by atomic mass is 16.2. The Balaban J connectivity index is 1.62. The van der Waals surface area contributed by atoms with Gasteiger partial charge in [0.1, 0.15) is 0 Å². The number of carbonyl (C=O) groups is 1. The Hall–Kier alpha value is -1.39. The molecule has 2 aliphatic rings. The number of carbonyl (C=O) groups excluding carboxylic acids is 1. The summed E-state index contributed by atoms with van der Waals surface area (Å²) in [7, 11) is 1.89. The van der Waals surface area contributed by atoms with Crippen molar-refractivity contribution in [3.63, 3.8) is 0 Å². The zero-order chi connectivity index (χ0) is 15.5. The molecule has 0 bridgehead atoms. The average molecular weight is 301 g/mol. The molecular weight excluding hydrogens is 274 g/mol. The van der Waals surface area contributed by atoms with Crippen LogP contribution in [-0.4, -0.2) is 55.0 Å². The van der Waals surface area contributed by atoms with Crippen LogP contribution in [0.3, 0.4) is 0 Å². The van der Waals surface area contributed by atoms with Crippen LogP contribution in [0.2, 0.25) is 0 Å². The molecule has 1 aromatic carbocycles. The summed E-state index contributed by atoms with van der Waals surface area (Å²) in [4.78, 5) is 16.2. The van der Waals surface area contributed by atoms with E-state index in [1.165, 1.54) is 24.0 Å². The lowest BCUT2D eigenvalue weighted by molar-refractivity contribution is -0.139. The lowest BCUT2D eigenvalue weighted by Crippen LogP contribution is -2.53. The molecule has 1 amide bonds. The molecule has 1 aromatic rings. The summed E-state index contributed by atoms with van der Waals surface area (Å²) < 4.78 is 0. The number of hydrogen-bond donors (Lipinski definition) is 1. The van der Waals surface area contributed by atoms with E-state index in [2.05, 4.69) is 34.5 Å². The molecule has 0 saturated carbocycles. The van der Waals surface area contributed by atoms with Crippen LogP contribution in [-0.2, 0) is 11.3 Å². The van der Waals surface area contributed by atoms with E-state index < -0.39 is 0 Å². The third-order valence-electron chi connectivity index (χ3n) is 5.18. The molecule has 2 heterocycles. The molecule has 2 saturated heterocycles. The van der Waals surface area contributed by atoms with Gasteiger partial charge in [-0.25, -0.2) is 0 Å². The van der Waals surface area contributed by atoms with Gasteiger partial charge >= 0.3 is 0 Å². The summed E-state index contributed by atoms with van der Waals surface area (Å²) in [5.41, 5.74) is 2.77. The first-order chi connectivity index (χ1) is 10.6. The van der Waals surface area contributed by atoms with Crippen molar-refractivity contribution >= 4 is 5.91 Å². The lowest BCUT2D eigenvalue weighted by Gasteiger charge is -2.37. The zero-order valence-corrected chi connectivity index (χ0v) is 13.7. The highest BCUT2D eigenvalue weighted by molar-refractivity contribution is 5.81. The zero-order valence-electron chi connectivity index (χ0n) is 13.7. The van der Waals surface area contributed by atoms with E-state index in [0.29, 0.717) is 5.92 Å². The minimum Gasteiger partial charge on any atom is -0.343 e. The largest absolute Gasteiger partial charge is 0.343 e. The number of benzene rings is 1. The maximum Gasteiger partial charge on any atom is 0.239 e. The fraction of sp³-hybridized carbons (Fsp3) is 0.611. The van der Waals surface area contributed by atoms with Crippen molar-refractivity contribution in [1.82, 2.24) is 15.1 Å². The van der Waals surface area contributed by atoms with Gasteiger partial charge in [0.05, 0.1) is 6.04 Å². The quantitative estimate of drug-likeness (QED) is 0.925. The SMILES string of the molecule is CC1C(=O)N(C)CCN1Cc1ccc(C2CCNCC2)cc1.